The molecule has 0 atom stereocenters. The molecule has 0 saturated carbocycles. The van der Waals surface area contributed by atoms with Crippen LogP contribution in [0, 0.1) is 11.3 Å². The molecule has 0 amide bonds. The smallest absolute Gasteiger partial charge is 0.418 e. The average molecular weight is 297 g/mol. The summed E-state index contributed by atoms with van der Waals surface area (Å²) in [6.45, 7) is 0. The predicted molar refractivity (Wildman–Crippen MR) is 52.5 cm³/mol. The van der Waals surface area contributed by atoms with Crippen LogP contribution in [0.2, 0.25) is 0 Å². The Morgan fingerprint density at radius 3 is 2.05 bits per heavy atom. The lowest BCUT2D eigenvalue weighted by molar-refractivity contribution is -0.143. The van der Waals surface area contributed by atoms with Gasteiger partial charge in [0.2, 0.25) is 0 Å². The fourth-order valence-corrected chi connectivity index (χ4v) is 1.53. The number of halogens is 6. The van der Waals surface area contributed by atoms with Gasteiger partial charge in [0.05, 0.1) is 29.4 Å². The second-order valence-corrected chi connectivity index (χ2v) is 3.51. The number of methoxy groups -OCH3 is 1. The summed E-state index contributed by atoms with van der Waals surface area (Å²) in [6, 6.07) is 1.42. The highest BCUT2D eigenvalue weighted by molar-refractivity contribution is 5.92. The van der Waals surface area contributed by atoms with E-state index in [1.807, 2.05) is 0 Å². The molecule has 0 saturated heterocycles. The normalized spacial score (nSPS) is 11.9. The van der Waals surface area contributed by atoms with Crippen LogP contribution in [0.15, 0.2) is 12.1 Å². The third-order valence-corrected chi connectivity index (χ3v) is 2.31. The molecule has 1 rings (SSSR count). The first-order chi connectivity index (χ1) is 9.04. The summed E-state index contributed by atoms with van der Waals surface area (Å²) < 4.78 is 80.3. The number of rotatable bonds is 1. The molecule has 0 radical (unpaired) electrons. The standard InChI is InChI=1S/C11H5F6NO2/c1-20-9(19)5-2-3-7(10(12,13)14)6(4-18)8(5)11(15,16)17/h2-3H,1H3. The second-order valence-electron chi connectivity index (χ2n) is 3.51. The van der Waals surface area contributed by atoms with Crippen molar-refractivity contribution in [3.05, 3.63) is 34.4 Å². The van der Waals surface area contributed by atoms with Gasteiger partial charge in [0.1, 0.15) is 6.07 Å². The fraction of sp³-hybridized carbons (Fsp3) is 0.273. The summed E-state index contributed by atoms with van der Waals surface area (Å²) in [5.74, 6) is -1.48. The molecule has 0 aliphatic heterocycles. The zero-order chi connectivity index (χ0) is 15.7. The zero-order valence-corrected chi connectivity index (χ0v) is 9.69. The Balaban J connectivity index is 3.80. The van der Waals surface area contributed by atoms with Gasteiger partial charge in [-0.05, 0) is 12.1 Å². The van der Waals surface area contributed by atoms with Gasteiger partial charge in [0.15, 0.2) is 0 Å². The summed E-state index contributed by atoms with van der Waals surface area (Å²) >= 11 is 0. The highest BCUT2D eigenvalue weighted by Crippen LogP contribution is 2.41. The molecule has 0 bridgehead atoms. The van der Waals surface area contributed by atoms with E-state index in [1.165, 1.54) is 0 Å². The predicted octanol–water partition coefficient (Wildman–Crippen LogP) is 3.38. The molecule has 1 aromatic carbocycles. The highest BCUT2D eigenvalue weighted by atomic mass is 19.4. The van der Waals surface area contributed by atoms with Crippen molar-refractivity contribution < 1.29 is 35.9 Å². The topological polar surface area (TPSA) is 50.1 Å². The molecule has 0 heterocycles. The molecule has 0 aromatic heterocycles. The number of nitrogens with zero attached hydrogens (tertiary/aromatic N) is 1. The molecule has 0 aliphatic carbocycles. The number of ether oxygens (including phenoxy) is 1. The number of hydrogen-bond donors (Lipinski definition) is 0. The first kappa shape index (κ1) is 15.8. The minimum atomic E-state index is -5.31. The van der Waals surface area contributed by atoms with Crippen LogP contribution >= 0.6 is 0 Å². The molecule has 3 nitrogen and oxygen atoms in total. The Kier molecular flexibility index (Phi) is 3.98. The Labute approximate surface area is 108 Å². The van der Waals surface area contributed by atoms with Crippen LogP contribution in [0.4, 0.5) is 26.3 Å². The van der Waals surface area contributed by atoms with Gasteiger partial charge < -0.3 is 4.74 Å². The van der Waals surface area contributed by atoms with Crippen molar-refractivity contribution >= 4 is 5.97 Å². The summed E-state index contributed by atoms with van der Waals surface area (Å²) in [4.78, 5) is 11.2. The van der Waals surface area contributed by atoms with E-state index in [0.717, 1.165) is 13.2 Å². The molecular formula is C11H5F6NO2. The number of alkyl halides is 6. The minimum Gasteiger partial charge on any atom is -0.465 e. The van der Waals surface area contributed by atoms with Crippen LogP contribution in [0.3, 0.4) is 0 Å². The summed E-state index contributed by atoms with van der Waals surface area (Å²) in [5, 5.41) is 8.60. The van der Waals surface area contributed by atoms with E-state index in [-0.39, 0.29) is 6.07 Å². The second kappa shape index (κ2) is 5.03. The van der Waals surface area contributed by atoms with Gasteiger partial charge in [-0.1, -0.05) is 0 Å². The number of hydrogen-bond acceptors (Lipinski definition) is 3. The molecule has 1 aromatic rings. The number of carbonyl (C=O) groups is 1. The van der Waals surface area contributed by atoms with Crippen molar-refractivity contribution in [3.63, 3.8) is 0 Å². The number of carbonyl (C=O) groups excluding carboxylic acids is 1. The van der Waals surface area contributed by atoms with E-state index in [2.05, 4.69) is 4.74 Å². The molecule has 0 unspecified atom stereocenters. The van der Waals surface area contributed by atoms with Crippen LogP contribution in [-0.4, -0.2) is 13.1 Å². The highest BCUT2D eigenvalue weighted by Gasteiger charge is 2.44. The zero-order valence-electron chi connectivity index (χ0n) is 9.69. The van der Waals surface area contributed by atoms with Gasteiger partial charge in [-0.3, -0.25) is 0 Å². The van der Waals surface area contributed by atoms with Gasteiger partial charge in [-0.15, -0.1) is 0 Å². The lowest BCUT2D eigenvalue weighted by atomic mass is 9.95. The number of nitriles is 1. The lowest BCUT2D eigenvalue weighted by Crippen LogP contribution is -2.20. The Bertz CT molecular complexity index is 582. The lowest BCUT2D eigenvalue weighted by Gasteiger charge is -2.17. The Morgan fingerprint density at radius 1 is 1.15 bits per heavy atom. The monoisotopic (exact) mass is 297 g/mol. The van der Waals surface area contributed by atoms with E-state index in [1.54, 1.807) is 0 Å². The number of esters is 1. The summed E-state index contributed by atoms with van der Waals surface area (Å²) in [5.41, 5.74) is -6.53. The maximum absolute atomic E-state index is 12.8. The maximum Gasteiger partial charge on any atom is 0.418 e. The average Bonchev–Trinajstić information content (AvgIpc) is 2.33. The van der Waals surface area contributed by atoms with Crippen molar-refractivity contribution in [1.82, 2.24) is 0 Å². The molecule has 0 spiro atoms. The third-order valence-electron chi connectivity index (χ3n) is 2.31. The molecule has 0 aliphatic rings. The summed E-state index contributed by atoms with van der Waals surface area (Å²) in [6.07, 6.45) is -10.5. The van der Waals surface area contributed by atoms with Gasteiger partial charge in [-0.25, -0.2) is 4.79 Å². The fourth-order valence-electron chi connectivity index (χ4n) is 1.53. The van der Waals surface area contributed by atoms with Crippen LogP contribution in [0.1, 0.15) is 27.0 Å². The first-order valence-corrected chi connectivity index (χ1v) is 4.83. The first-order valence-electron chi connectivity index (χ1n) is 4.83. The van der Waals surface area contributed by atoms with Crippen molar-refractivity contribution in [2.75, 3.05) is 7.11 Å². The van der Waals surface area contributed by atoms with Gasteiger partial charge in [0, 0.05) is 0 Å². The van der Waals surface area contributed by atoms with Crippen molar-refractivity contribution in [3.8, 4) is 6.07 Å². The van der Waals surface area contributed by atoms with Gasteiger partial charge in [0.25, 0.3) is 0 Å². The Morgan fingerprint density at radius 2 is 1.70 bits per heavy atom. The van der Waals surface area contributed by atoms with Crippen LogP contribution < -0.4 is 0 Å². The van der Waals surface area contributed by atoms with Gasteiger partial charge in [-0.2, -0.15) is 31.6 Å². The van der Waals surface area contributed by atoms with E-state index < -0.39 is 40.6 Å². The molecule has 0 fully saturated rings. The number of benzene rings is 1. The molecule has 9 heteroatoms. The quantitative estimate of drug-likeness (QED) is 0.590. The van der Waals surface area contributed by atoms with Gasteiger partial charge >= 0.3 is 18.3 Å². The van der Waals surface area contributed by atoms with Crippen LogP contribution in [-0.2, 0) is 17.1 Å². The van der Waals surface area contributed by atoms with Crippen molar-refractivity contribution in [2.24, 2.45) is 0 Å². The van der Waals surface area contributed by atoms with Crippen LogP contribution in [0.5, 0.6) is 0 Å². The SMILES string of the molecule is COC(=O)c1ccc(C(F)(F)F)c(C#N)c1C(F)(F)F. The minimum absolute atomic E-state index is 0.236. The van der Waals surface area contributed by atoms with Crippen molar-refractivity contribution in [1.29, 1.82) is 5.26 Å². The van der Waals surface area contributed by atoms with E-state index in [4.69, 9.17) is 5.26 Å². The molecule has 20 heavy (non-hydrogen) atoms. The van der Waals surface area contributed by atoms with E-state index in [9.17, 15) is 31.1 Å². The third kappa shape index (κ3) is 2.84. The Hall–Kier alpha value is -2.24. The molecule has 108 valence electrons. The molecular weight excluding hydrogens is 292 g/mol. The largest absolute Gasteiger partial charge is 0.465 e. The van der Waals surface area contributed by atoms with E-state index >= 15 is 0 Å². The summed E-state index contributed by atoms with van der Waals surface area (Å²) in [7, 11) is 0.770. The van der Waals surface area contributed by atoms with E-state index in [0.29, 0.717) is 6.07 Å². The maximum atomic E-state index is 12.8. The molecule has 0 N–H and O–H groups in total. The van der Waals surface area contributed by atoms with Crippen LogP contribution in [0.25, 0.3) is 0 Å². The van der Waals surface area contributed by atoms with Crippen molar-refractivity contribution in [2.45, 2.75) is 12.4 Å².